The molecule has 2 saturated heterocycles. The zero-order valence-electron chi connectivity index (χ0n) is 23.0. The number of alkyl halides is 6. The van der Waals surface area contributed by atoms with Crippen LogP contribution in [-0.4, -0.2) is 88.9 Å². The van der Waals surface area contributed by atoms with Crippen LogP contribution in [0.1, 0.15) is 64.0 Å². The maximum absolute atomic E-state index is 13.5. The maximum Gasteiger partial charge on any atom is 0.430 e. The monoisotopic (exact) mass is 657 g/mol. The van der Waals surface area contributed by atoms with Gasteiger partial charge in [-0.1, -0.05) is 18.2 Å². The van der Waals surface area contributed by atoms with E-state index in [-0.39, 0.29) is 63.6 Å². The molecular formula is C26H29F6N3O6S2. The minimum atomic E-state index is -6.09. The van der Waals surface area contributed by atoms with Crippen LogP contribution in [0.5, 0.6) is 0 Å². The Morgan fingerprint density at radius 3 is 2.26 bits per heavy atom. The van der Waals surface area contributed by atoms with Crippen LogP contribution in [0, 0.1) is 6.92 Å². The third-order valence-corrected chi connectivity index (χ3v) is 10.6. The lowest BCUT2D eigenvalue weighted by molar-refractivity contribution is -0.376. The molecule has 0 saturated carbocycles. The summed E-state index contributed by atoms with van der Waals surface area (Å²) < 4.78 is 104. The number of carbonyl (C=O) groups is 2. The van der Waals surface area contributed by atoms with E-state index in [4.69, 9.17) is 0 Å². The van der Waals surface area contributed by atoms with Crippen LogP contribution in [-0.2, 0) is 15.4 Å². The van der Waals surface area contributed by atoms with E-state index in [2.05, 4.69) is 10.3 Å². The highest BCUT2D eigenvalue weighted by atomic mass is 32.2. The molecule has 0 bridgehead atoms. The number of rotatable bonds is 6. The highest BCUT2D eigenvalue weighted by molar-refractivity contribution is 7.91. The number of hydrogen-bond acceptors (Lipinski definition) is 8. The summed E-state index contributed by atoms with van der Waals surface area (Å²) in [5.74, 6) is -1.93. The van der Waals surface area contributed by atoms with Crippen molar-refractivity contribution in [3.05, 3.63) is 40.0 Å². The number of thiazole rings is 1. The van der Waals surface area contributed by atoms with Gasteiger partial charge in [-0.05, 0) is 50.7 Å². The summed E-state index contributed by atoms with van der Waals surface area (Å²) in [7, 11) is -3.30. The van der Waals surface area contributed by atoms with E-state index in [0.717, 1.165) is 6.07 Å². The van der Waals surface area contributed by atoms with Crippen LogP contribution in [0.15, 0.2) is 18.2 Å². The molecule has 0 spiro atoms. The maximum atomic E-state index is 13.5. The molecule has 2 aromatic rings. The van der Waals surface area contributed by atoms with Crippen molar-refractivity contribution in [2.75, 3.05) is 24.6 Å². The molecule has 1 aromatic heterocycles. The molecule has 1 atom stereocenters. The van der Waals surface area contributed by atoms with Gasteiger partial charge in [-0.2, -0.15) is 26.3 Å². The fraction of sp³-hybridized carbons (Fsp3) is 0.577. The first kappa shape index (κ1) is 33.1. The number of aryl methyl sites for hydroxylation is 1. The fourth-order valence-corrected chi connectivity index (χ4v) is 7.81. The number of amides is 2. The highest BCUT2D eigenvalue weighted by Gasteiger charge is 2.71. The number of nitrogens with one attached hydrogen (secondary N) is 1. The quantitative estimate of drug-likeness (QED) is 0.403. The number of benzene rings is 1. The number of sulfone groups is 1. The first-order valence-corrected chi connectivity index (χ1v) is 15.8. The Morgan fingerprint density at radius 1 is 1.14 bits per heavy atom. The lowest BCUT2D eigenvalue weighted by Gasteiger charge is -2.33. The van der Waals surface area contributed by atoms with Gasteiger partial charge in [0, 0.05) is 24.7 Å². The summed E-state index contributed by atoms with van der Waals surface area (Å²) in [5.41, 5.74) is -8.47. The molecule has 2 amide bonds. The summed E-state index contributed by atoms with van der Waals surface area (Å²) in [6.45, 7) is 3.05. The smallest absolute Gasteiger partial charge is 0.388 e. The minimum Gasteiger partial charge on any atom is -0.388 e. The van der Waals surface area contributed by atoms with Gasteiger partial charge in [0.05, 0.1) is 22.0 Å². The van der Waals surface area contributed by atoms with Crippen molar-refractivity contribution in [3.8, 4) is 10.4 Å². The Morgan fingerprint density at radius 2 is 1.74 bits per heavy atom. The normalized spacial score (nSPS) is 20.7. The number of nitrogens with zero attached hydrogens (tertiary/aromatic N) is 2. The Balaban J connectivity index is 1.71. The minimum absolute atomic E-state index is 0.0170. The van der Waals surface area contributed by atoms with E-state index >= 15 is 0 Å². The largest absolute Gasteiger partial charge is 0.430 e. The van der Waals surface area contributed by atoms with Crippen LogP contribution < -0.4 is 5.32 Å². The molecular weight excluding hydrogens is 628 g/mol. The van der Waals surface area contributed by atoms with Crippen LogP contribution in [0.3, 0.4) is 0 Å². The lowest BCUT2D eigenvalue weighted by Crippen LogP contribution is -2.53. The third-order valence-electron chi connectivity index (χ3n) is 7.88. The topological polar surface area (TPSA) is 137 Å². The Bertz CT molecular complexity index is 1490. The molecule has 43 heavy (non-hydrogen) atoms. The van der Waals surface area contributed by atoms with Gasteiger partial charge in [0.2, 0.25) is 0 Å². The van der Waals surface area contributed by atoms with Crippen LogP contribution >= 0.6 is 11.3 Å². The van der Waals surface area contributed by atoms with Crippen LogP contribution in [0.25, 0.3) is 10.4 Å². The summed E-state index contributed by atoms with van der Waals surface area (Å²) in [5, 5.41) is 22.7. The summed E-state index contributed by atoms with van der Waals surface area (Å²) >= 11 is 0.678. The molecule has 17 heteroatoms. The van der Waals surface area contributed by atoms with E-state index in [1.54, 1.807) is 6.92 Å². The number of halogens is 6. The van der Waals surface area contributed by atoms with E-state index in [0.29, 0.717) is 42.9 Å². The molecule has 0 aliphatic carbocycles. The van der Waals surface area contributed by atoms with Crippen LogP contribution in [0.4, 0.5) is 26.3 Å². The summed E-state index contributed by atoms with van der Waals surface area (Å²) in [6, 6.07) is 1.70. The average Bonchev–Trinajstić information content (AvgIpc) is 3.54. The highest BCUT2D eigenvalue weighted by Crippen LogP contribution is 2.50. The molecule has 1 unspecified atom stereocenters. The third kappa shape index (κ3) is 6.40. The number of hydrogen-bond donors (Lipinski definition) is 3. The number of aromatic nitrogens is 1. The molecule has 238 valence electrons. The van der Waals surface area contributed by atoms with Crippen LogP contribution in [0.2, 0.25) is 0 Å². The molecule has 3 heterocycles. The molecule has 0 radical (unpaired) electrons. The molecule has 4 rings (SSSR count). The van der Waals surface area contributed by atoms with E-state index in [1.165, 1.54) is 11.8 Å². The first-order chi connectivity index (χ1) is 19.7. The van der Waals surface area contributed by atoms with E-state index in [1.807, 2.05) is 0 Å². The average molecular weight is 658 g/mol. The Labute approximate surface area is 246 Å². The van der Waals surface area contributed by atoms with Crippen molar-refractivity contribution in [2.45, 2.75) is 69.1 Å². The molecule has 2 fully saturated rings. The van der Waals surface area contributed by atoms with Crippen molar-refractivity contribution >= 4 is 33.0 Å². The zero-order valence-corrected chi connectivity index (χ0v) is 24.6. The lowest BCUT2D eigenvalue weighted by atomic mass is 9.89. The van der Waals surface area contributed by atoms with Crippen molar-refractivity contribution in [1.29, 1.82) is 0 Å². The Hall–Kier alpha value is -2.76. The molecule has 3 N–H and O–H groups in total. The fourth-order valence-electron chi connectivity index (χ4n) is 5.16. The summed E-state index contributed by atoms with van der Waals surface area (Å²) in [4.78, 5) is 32.3. The molecule has 2 aliphatic rings. The number of carbonyl (C=O) groups excluding carboxylic acids is 2. The zero-order chi connectivity index (χ0) is 32.2. The first-order valence-electron chi connectivity index (χ1n) is 13.2. The second kappa shape index (κ2) is 11.3. The predicted octanol–water partition coefficient (Wildman–Crippen LogP) is 3.72. The second-order valence-electron chi connectivity index (χ2n) is 11.0. The van der Waals surface area contributed by atoms with Gasteiger partial charge in [-0.25, -0.2) is 13.4 Å². The number of aliphatic hydroxyl groups is 2. The summed E-state index contributed by atoms with van der Waals surface area (Å²) in [6.07, 6.45) is -11.0. The van der Waals surface area contributed by atoms with Gasteiger partial charge in [-0.15, -0.1) is 11.3 Å². The van der Waals surface area contributed by atoms with Crippen molar-refractivity contribution in [1.82, 2.24) is 15.2 Å². The standard InChI is InChI=1S/C26H29F6N3O6S2/c1-14-12-16(24(39,25(27,28)29)26(30,31)32)5-6-17(14)19-18(22(37)35-9-3-4-15(35)2)34-21(42-19)20(36)33-13-23(38)7-10-43(40,41)11-8-23/h5-6,12,15,38-39H,3-4,7-11,13H2,1-2H3,(H,33,36). The second-order valence-corrected chi connectivity index (χ2v) is 14.3. The van der Waals surface area contributed by atoms with Crippen molar-refractivity contribution in [2.24, 2.45) is 0 Å². The molecule has 2 aliphatic heterocycles. The van der Waals surface area contributed by atoms with Gasteiger partial charge in [0.15, 0.2) is 14.8 Å². The van der Waals surface area contributed by atoms with Crippen molar-refractivity contribution < 1.29 is 54.6 Å². The van der Waals surface area contributed by atoms with E-state index < -0.39 is 50.8 Å². The van der Waals surface area contributed by atoms with E-state index in [9.17, 15) is 54.6 Å². The molecule has 9 nitrogen and oxygen atoms in total. The Kier molecular flexibility index (Phi) is 8.71. The van der Waals surface area contributed by atoms with Gasteiger partial charge in [-0.3, -0.25) is 9.59 Å². The van der Waals surface area contributed by atoms with Gasteiger partial charge in [0.1, 0.15) is 5.69 Å². The van der Waals surface area contributed by atoms with Gasteiger partial charge in [0.25, 0.3) is 17.4 Å². The molecule has 1 aromatic carbocycles. The number of likely N-dealkylation sites (tertiary alicyclic amines) is 1. The van der Waals surface area contributed by atoms with Gasteiger partial charge < -0.3 is 20.4 Å². The van der Waals surface area contributed by atoms with Crippen molar-refractivity contribution in [3.63, 3.8) is 0 Å². The predicted molar refractivity (Wildman–Crippen MR) is 143 cm³/mol. The SMILES string of the molecule is Cc1cc(C(O)(C(F)(F)F)C(F)(F)F)ccc1-c1sc(C(=O)NCC2(O)CCS(=O)(=O)CC2)nc1C(=O)N1CCCC1C. The van der Waals surface area contributed by atoms with Gasteiger partial charge >= 0.3 is 12.4 Å².